The summed E-state index contributed by atoms with van der Waals surface area (Å²) in [6, 6.07) is 0.0880. The summed E-state index contributed by atoms with van der Waals surface area (Å²) >= 11 is 0. The molecule has 4 heteroatoms. The van der Waals surface area contributed by atoms with Crippen molar-refractivity contribution in [1.82, 2.24) is 5.32 Å². The molecule has 0 aromatic heterocycles. The van der Waals surface area contributed by atoms with E-state index in [-0.39, 0.29) is 17.6 Å². The zero-order valence-corrected chi connectivity index (χ0v) is 11.0. The lowest BCUT2D eigenvalue weighted by Crippen LogP contribution is -2.48. The Labute approximate surface area is 108 Å². The number of ether oxygens (including phenoxy) is 2. The molecule has 0 radical (unpaired) electrons. The molecule has 0 aliphatic carbocycles. The van der Waals surface area contributed by atoms with E-state index in [4.69, 9.17) is 9.47 Å². The largest absolute Gasteiger partial charge is 0.381 e. The lowest BCUT2D eigenvalue weighted by Gasteiger charge is -2.44. The molecule has 0 amide bonds. The molecule has 1 spiro atoms. The SMILES string of the molecule is FC(C1CCOC2(CCOCC2)C1)C1CCCN1. The quantitative estimate of drug-likeness (QED) is 0.821. The number of nitrogens with one attached hydrogen (secondary N) is 1. The van der Waals surface area contributed by atoms with Crippen molar-refractivity contribution in [3.05, 3.63) is 0 Å². The highest BCUT2D eigenvalue weighted by atomic mass is 19.1. The van der Waals surface area contributed by atoms with Gasteiger partial charge in [-0.05, 0) is 51.0 Å². The molecule has 18 heavy (non-hydrogen) atoms. The van der Waals surface area contributed by atoms with E-state index in [1.165, 1.54) is 0 Å². The van der Waals surface area contributed by atoms with Crippen LogP contribution in [0.1, 0.15) is 38.5 Å². The normalized spacial score (nSPS) is 37.8. The Hall–Kier alpha value is -0.190. The van der Waals surface area contributed by atoms with Crippen LogP contribution in [-0.4, -0.2) is 44.2 Å². The Morgan fingerprint density at radius 1 is 1.17 bits per heavy atom. The Morgan fingerprint density at radius 3 is 2.72 bits per heavy atom. The predicted octanol–water partition coefficient (Wildman–Crippen LogP) is 2.05. The van der Waals surface area contributed by atoms with E-state index in [0.717, 1.165) is 64.9 Å². The highest BCUT2D eigenvalue weighted by molar-refractivity contribution is 4.94. The second kappa shape index (κ2) is 5.43. The van der Waals surface area contributed by atoms with E-state index in [1.807, 2.05) is 0 Å². The van der Waals surface area contributed by atoms with Crippen LogP contribution in [0.2, 0.25) is 0 Å². The zero-order chi connectivity index (χ0) is 12.4. The van der Waals surface area contributed by atoms with Gasteiger partial charge in [0.2, 0.25) is 0 Å². The first kappa shape index (κ1) is 12.8. The maximum Gasteiger partial charge on any atom is 0.118 e. The average Bonchev–Trinajstić information content (AvgIpc) is 2.93. The summed E-state index contributed by atoms with van der Waals surface area (Å²) in [5.74, 6) is 0.174. The van der Waals surface area contributed by atoms with Crippen LogP contribution in [0.3, 0.4) is 0 Å². The van der Waals surface area contributed by atoms with Gasteiger partial charge in [-0.1, -0.05) is 0 Å². The Bertz CT molecular complexity index is 269. The third kappa shape index (κ3) is 2.56. The second-order valence-electron chi connectivity index (χ2n) is 6.04. The van der Waals surface area contributed by atoms with Gasteiger partial charge in [0.05, 0.1) is 5.60 Å². The van der Waals surface area contributed by atoms with E-state index in [9.17, 15) is 4.39 Å². The molecule has 104 valence electrons. The molecular weight excluding hydrogens is 233 g/mol. The smallest absolute Gasteiger partial charge is 0.118 e. The van der Waals surface area contributed by atoms with Gasteiger partial charge in [0.25, 0.3) is 0 Å². The standard InChI is InChI=1S/C14H24FNO2/c15-13(12-2-1-6-16-12)11-3-7-18-14(10-11)4-8-17-9-5-14/h11-13,16H,1-10H2. The van der Waals surface area contributed by atoms with Crippen LogP contribution in [0.4, 0.5) is 4.39 Å². The number of hydrogen-bond donors (Lipinski definition) is 1. The molecule has 0 aromatic carbocycles. The van der Waals surface area contributed by atoms with E-state index in [1.54, 1.807) is 0 Å². The molecule has 3 aliphatic heterocycles. The average molecular weight is 257 g/mol. The van der Waals surface area contributed by atoms with Gasteiger partial charge in [-0.25, -0.2) is 4.39 Å². The fourth-order valence-corrected chi connectivity index (χ4v) is 3.74. The van der Waals surface area contributed by atoms with E-state index >= 15 is 0 Å². The molecule has 0 aromatic rings. The van der Waals surface area contributed by atoms with Crippen LogP contribution < -0.4 is 5.32 Å². The highest BCUT2D eigenvalue weighted by Gasteiger charge is 2.43. The molecule has 3 heterocycles. The van der Waals surface area contributed by atoms with E-state index < -0.39 is 6.17 Å². The van der Waals surface area contributed by atoms with Crippen molar-refractivity contribution in [1.29, 1.82) is 0 Å². The van der Waals surface area contributed by atoms with Gasteiger partial charge in [-0.2, -0.15) is 0 Å². The van der Waals surface area contributed by atoms with Crippen molar-refractivity contribution >= 4 is 0 Å². The fraction of sp³-hybridized carbons (Fsp3) is 1.00. The first-order chi connectivity index (χ1) is 8.79. The van der Waals surface area contributed by atoms with E-state index in [0.29, 0.717) is 0 Å². The summed E-state index contributed by atoms with van der Waals surface area (Å²) in [5, 5.41) is 3.30. The van der Waals surface area contributed by atoms with Crippen molar-refractivity contribution in [2.75, 3.05) is 26.4 Å². The molecule has 3 fully saturated rings. The Kier molecular flexibility index (Phi) is 3.87. The number of rotatable bonds is 2. The first-order valence-corrected chi connectivity index (χ1v) is 7.38. The van der Waals surface area contributed by atoms with Crippen molar-refractivity contribution in [3.8, 4) is 0 Å². The molecule has 3 saturated heterocycles. The number of halogens is 1. The molecule has 3 unspecified atom stereocenters. The summed E-state index contributed by atoms with van der Waals surface area (Å²) in [6.45, 7) is 3.24. The minimum Gasteiger partial charge on any atom is -0.381 e. The summed E-state index contributed by atoms with van der Waals surface area (Å²) in [4.78, 5) is 0. The summed E-state index contributed by atoms with van der Waals surface area (Å²) in [6.07, 6.45) is 5.05. The topological polar surface area (TPSA) is 30.5 Å². The maximum atomic E-state index is 14.6. The minimum atomic E-state index is -0.698. The van der Waals surface area contributed by atoms with Crippen molar-refractivity contribution in [3.63, 3.8) is 0 Å². The first-order valence-electron chi connectivity index (χ1n) is 7.38. The maximum absolute atomic E-state index is 14.6. The van der Waals surface area contributed by atoms with Crippen molar-refractivity contribution < 1.29 is 13.9 Å². The molecule has 0 bridgehead atoms. The summed E-state index contributed by atoms with van der Waals surface area (Å²) < 4.78 is 26.0. The molecule has 0 saturated carbocycles. The summed E-state index contributed by atoms with van der Waals surface area (Å²) in [5.41, 5.74) is -0.0793. The van der Waals surface area contributed by atoms with Gasteiger partial charge in [-0.15, -0.1) is 0 Å². The van der Waals surface area contributed by atoms with Crippen LogP contribution in [-0.2, 0) is 9.47 Å². The van der Waals surface area contributed by atoms with Crippen LogP contribution in [0.15, 0.2) is 0 Å². The Balaban J connectivity index is 1.62. The molecule has 3 aliphatic rings. The van der Waals surface area contributed by atoms with Gasteiger partial charge >= 0.3 is 0 Å². The van der Waals surface area contributed by atoms with E-state index in [2.05, 4.69) is 5.32 Å². The summed E-state index contributed by atoms with van der Waals surface area (Å²) in [7, 11) is 0. The third-order valence-corrected chi connectivity index (χ3v) is 4.87. The van der Waals surface area contributed by atoms with Crippen molar-refractivity contribution in [2.24, 2.45) is 5.92 Å². The number of hydrogen-bond acceptors (Lipinski definition) is 3. The monoisotopic (exact) mass is 257 g/mol. The molecule has 3 atom stereocenters. The second-order valence-corrected chi connectivity index (χ2v) is 6.04. The molecule has 3 nitrogen and oxygen atoms in total. The Morgan fingerprint density at radius 2 is 2.00 bits per heavy atom. The van der Waals surface area contributed by atoms with Gasteiger partial charge < -0.3 is 14.8 Å². The van der Waals surface area contributed by atoms with Crippen LogP contribution >= 0.6 is 0 Å². The van der Waals surface area contributed by atoms with Gasteiger partial charge in [-0.3, -0.25) is 0 Å². The molecule has 1 N–H and O–H groups in total. The molecular formula is C14H24FNO2. The lowest BCUT2D eigenvalue weighted by molar-refractivity contribution is -0.155. The van der Waals surface area contributed by atoms with Crippen LogP contribution in [0.25, 0.3) is 0 Å². The third-order valence-electron chi connectivity index (χ3n) is 4.87. The molecule has 3 rings (SSSR count). The lowest BCUT2D eigenvalue weighted by atomic mass is 9.77. The van der Waals surface area contributed by atoms with Crippen LogP contribution in [0, 0.1) is 5.92 Å². The van der Waals surface area contributed by atoms with Gasteiger partial charge in [0, 0.05) is 25.9 Å². The zero-order valence-electron chi connectivity index (χ0n) is 11.0. The van der Waals surface area contributed by atoms with Crippen LogP contribution in [0.5, 0.6) is 0 Å². The number of alkyl halides is 1. The van der Waals surface area contributed by atoms with Crippen molar-refractivity contribution in [2.45, 2.75) is 56.3 Å². The fourth-order valence-electron chi connectivity index (χ4n) is 3.74. The highest BCUT2D eigenvalue weighted by Crippen LogP contribution is 2.40. The minimum absolute atomic E-state index is 0.0793. The van der Waals surface area contributed by atoms with Gasteiger partial charge in [0.15, 0.2) is 0 Å². The van der Waals surface area contributed by atoms with Gasteiger partial charge in [0.1, 0.15) is 6.17 Å². The predicted molar refractivity (Wildman–Crippen MR) is 67.4 cm³/mol.